The molecule has 0 atom stereocenters. The molecule has 2 aromatic carbocycles. The van der Waals surface area contributed by atoms with Gasteiger partial charge in [-0.05, 0) is 80.6 Å². The second-order valence-electron chi connectivity index (χ2n) is 7.90. The molecule has 3 rings (SSSR count). The van der Waals surface area contributed by atoms with Crippen LogP contribution < -0.4 is 0 Å². The van der Waals surface area contributed by atoms with Crippen LogP contribution >= 0.6 is 31.9 Å². The third-order valence-corrected chi connectivity index (χ3v) is 11.4. The summed E-state index contributed by atoms with van der Waals surface area (Å²) in [4.78, 5) is 0.535. The summed E-state index contributed by atoms with van der Waals surface area (Å²) in [6.45, 7) is 8.02. The van der Waals surface area contributed by atoms with E-state index in [2.05, 4.69) is 31.9 Å². The van der Waals surface area contributed by atoms with E-state index in [1.165, 1.54) is 8.61 Å². The van der Waals surface area contributed by atoms with E-state index >= 15 is 0 Å². The number of hydrogen-bond acceptors (Lipinski definition) is 4. The fourth-order valence-corrected chi connectivity index (χ4v) is 8.13. The van der Waals surface area contributed by atoms with Crippen LogP contribution in [0.25, 0.3) is 0 Å². The van der Waals surface area contributed by atoms with Crippen molar-refractivity contribution in [2.24, 2.45) is 0 Å². The van der Waals surface area contributed by atoms with Gasteiger partial charge in [0.15, 0.2) is 0 Å². The average molecular weight is 594 g/mol. The first-order valence-electron chi connectivity index (χ1n) is 9.89. The molecule has 0 spiro atoms. The average Bonchev–Trinajstić information content (AvgIpc) is 2.94. The number of hydrogen-bond donors (Lipinski definition) is 0. The van der Waals surface area contributed by atoms with E-state index in [9.17, 15) is 16.8 Å². The zero-order valence-electron chi connectivity index (χ0n) is 17.9. The Labute approximate surface area is 202 Å². The third kappa shape index (κ3) is 4.94. The molecular formula is C21H26Br2N2O4S2. The predicted molar refractivity (Wildman–Crippen MR) is 129 cm³/mol. The van der Waals surface area contributed by atoms with Gasteiger partial charge in [-0.15, -0.1) is 0 Å². The highest BCUT2D eigenvalue weighted by Crippen LogP contribution is 2.29. The summed E-state index contributed by atoms with van der Waals surface area (Å²) in [5.74, 6) is 0. The first-order chi connectivity index (χ1) is 14.4. The van der Waals surface area contributed by atoms with E-state index in [1.807, 2.05) is 13.8 Å². The van der Waals surface area contributed by atoms with Crippen LogP contribution in [0.3, 0.4) is 0 Å². The number of rotatable bonds is 4. The van der Waals surface area contributed by atoms with Crippen molar-refractivity contribution in [3.8, 4) is 0 Å². The van der Waals surface area contributed by atoms with Gasteiger partial charge >= 0.3 is 0 Å². The highest BCUT2D eigenvalue weighted by Gasteiger charge is 2.33. The van der Waals surface area contributed by atoms with E-state index in [4.69, 9.17) is 0 Å². The van der Waals surface area contributed by atoms with Crippen molar-refractivity contribution >= 4 is 51.9 Å². The Balaban J connectivity index is 1.88. The highest BCUT2D eigenvalue weighted by atomic mass is 79.9. The molecule has 0 aromatic heterocycles. The summed E-state index contributed by atoms with van der Waals surface area (Å²) in [5, 5.41) is 0. The van der Waals surface area contributed by atoms with E-state index in [-0.39, 0.29) is 36.0 Å². The van der Waals surface area contributed by atoms with Gasteiger partial charge in [0, 0.05) is 35.1 Å². The van der Waals surface area contributed by atoms with Crippen molar-refractivity contribution in [2.75, 3.05) is 26.2 Å². The molecule has 0 aliphatic carbocycles. The van der Waals surface area contributed by atoms with Crippen LogP contribution in [0.4, 0.5) is 0 Å². The number of halogens is 2. The smallest absolute Gasteiger partial charge is 0.207 e. The molecule has 1 aliphatic heterocycles. The summed E-state index contributed by atoms with van der Waals surface area (Å²) >= 11 is 6.88. The molecule has 1 aliphatic rings. The van der Waals surface area contributed by atoms with Crippen molar-refractivity contribution in [1.82, 2.24) is 8.61 Å². The van der Waals surface area contributed by atoms with Gasteiger partial charge in [0.1, 0.15) is 0 Å². The molecule has 2 aromatic rings. The van der Waals surface area contributed by atoms with E-state index in [1.54, 1.807) is 38.1 Å². The molecule has 0 amide bonds. The van der Waals surface area contributed by atoms with Crippen LogP contribution in [-0.2, 0) is 20.0 Å². The molecule has 1 fully saturated rings. The molecule has 0 N–H and O–H groups in total. The van der Waals surface area contributed by atoms with Crippen molar-refractivity contribution in [2.45, 2.75) is 43.9 Å². The monoisotopic (exact) mass is 592 g/mol. The maximum absolute atomic E-state index is 13.3. The minimum atomic E-state index is -3.72. The lowest BCUT2D eigenvalue weighted by Gasteiger charge is -2.23. The fourth-order valence-electron chi connectivity index (χ4n) is 3.69. The SMILES string of the molecule is Cc1cc(S(=O)(=O)N2CCCN(S(=O)(=O)c3cc(C)c(Br)cc3C)CC2)c(C)cc1Br. The summed E-state index contributed by atoms with van der Waals surface area (Å²) in [7, 11) is -7.45. The van der Waals surface area contributed by atoms with Crippen LogP contribution in [0.1, 0.15) is 28.7 Å². The van der Waals surface area contributed by atoms with Gasteiger partial charge < -0.3 is 0 Å². The maximum Gasteiger partial charge on any atom is 0.243 e. The standard InChI is InChI=1S/C21H26Br2N2O4S2/c1-14-12-20(16(3)10-18(14)22)30(26,27)24-6-5-7-25(9-8-24)31(28,29)21-13-15(2)19(23)11-17(21)4/h10-13H,5-9H2,1-4H3. The van der Waals surface area contributed by atoms with E-state index < -0.39 is 20.0 Å². The molecule has 0 bridgehead atoms. The highest BCUT2D eigenvalue weighted by molar-refractivity contribution is 9.10. The van der Waals surface area contributed by atoms with Gasteiger partial charge in [-0.25, -0.2) is 16.8 Å². The number of benzene rings is 2. The first-order valence-corrected chi connectivity index (χ1v) is 14.4. The molecule has 0 unspecified atom stereocenters. The van der Waals surface area contributed by atoms with Crippen molar-refractivity contribution in [3.05, 3.63) is 55.5 Å². The third-order valence-electron chi connectivity index (χ3n) is 5.56. The van der Waals surface area contributed by atoms with Gasteiger partial charge in [-0.3, -0.25) is 0 Å². The van der Waals surface area contributed by atoms with Gasteiger partial charge in [-0.2, -0.15) is 8.61 Å². The van der Waals surface area contributed by atoms with Gasteiger partial charge in [0.25, 0.3) is 0 Å². The van der Waals surface area contributed by atoms with E-state index in [0.29, 0.717) is 17.5 Å². The van der Waals surface area contributed by atoms with Crippen LogP contribution in [0.5, 0.6) is 0 Å². The summed E-state index contributed by atoms with van der Waals surface area (Å²) < 4.78 is 57.8. The zero-order chi connectivity index (χ0) is 23.1. The number of nitrogens with zero attached hydrogens (tertiary/aromatic N) is 2. The van der Waals surface area contributed by atoms with E-state index in [0.717, 1.165) is 20.1 Å². The Morgan fingerprint density at radius 3 is 1.32 bits per heavy atom. The molecule has 1 saturated heterocycles. The van der Waals surface area contributed by atoms with Crippen LogP contribution in [0, 0.1) is 27.7 Å². The molecule has 1 heterocycles. The lowest BCUT2D eigenvalue weighted by atomic mass is 10.2. The Hall–Kier alpha value is -0.780. The normalized spacial score (nSPS) is 17.0. The lowest BCUT2D eigenvalue weighted by Crippen LogP contribution is -2.37. The molecule has 6 nitrogen and oxygen atoms in total. The zero-order valence-corrected chi connectivity index (χ0v) is 22.7. The second-order valence-corrected chi connectivity index (χ2v) is 13.4. The Bertz CT molecular complexity index is 1130. The van der Waals surface area contributed by atoms with Crippen LogP contribution in [0.2, 0.25) is 0 Å². The quantitative estimate of drug-likeness (QED) is 0.522. The maximum atomic E-state index is 13.3. The summed E-state index contributed by atoms with van der Waals surface area (Å²) in [5.41, 5.74) is 2.99. The minimum Gasteiger partial charge on any atom is -0.207 e. The molecule has 0 saturated carbocycles. The van der Waals surface area contributed by atoms with Gasteiger partial charge in [0.05, 0.1) is 9.79 Å². The number of aryl methyl sites for hydroxylation is 4. The number of sulfonamides is 2. The molecule has 31 heavy (non-hydrogen) atoms. The second kappa shape index (κ2) is 9.23. The molecule has 10 heteroatoms. The fraction of sp³-hybridized carbons (Fsp3) is 0.429. The topological polar surface area (TPSA) is 74.8 Å². The van der Waals surface area contributed by atoms with Crippen LogP contribution in [-0.4, -0.2) is 51.6 Å². The molecule has 170 valence electrons. The summed E-state index contributed by atoms with van der Waals surface area (Å²) in [6.07, 6.45) is 0.432. The largest absolute Gasteiger partial charge is 0.243 e. The van der Waals surface area contributed by atoms with Crippen molar-refractivity contribution in [3.63, 3.8) is 0 Å². The predicted octanol–water partition coefficient (Wildman–Crippen LogP) is 4.53. The molecule has 0 radical (unpaired) electrons. The van der Waals surface area contributed by atoms with Crippen molar-refractivity contribution in [1.29, 1.82) is 0 Å². The Kier molecular flexibility index (Phi) is 7.40. The Morgan fingerprint density at radius 2 is 0.968 bits per heavy atom. The van der Waals surface area contributed by atoms with Gasteiger partial charge in [0.2, 0.25) is 20.0 Å². The van der Waals surface area contributed by atoms with Gasteiger partial charge in [-0.1, -0.05) is 31.9 Å². The summed E-state index contributed by atoms with van der Waals surface area (Å²) in [6, 6.07) is 6.94. The van der Waals surface area contributed by atoms with Crippen molar-refractivity contribution < 1.29 is 16.8 Å². The van der Waals surface area contributed by atoms with Crippen LogP contribution in [0.15, 0.2) is 43.0 Å². The Morgan fingerprint density at radius 1 is 0.613 bits per heavy atom. The lowest BCUT2D eigenvalue weighted by molar-refractivity contribution is 0.404. The minimum absolute atomic E-state index is 0.116. The first kappa shape index (κ1) is 24.9. The molecular weight excluding hydrogens is 568 g/mol.